The van der Waals surface area contributed by atoms with Gasteiger partial charge in [-0.25, -0.2) is 0 Å². The quantitative estimate of drug-likeness (QED) is 0.705. The summed E-state index contributed by atoms with van der Waals surface area (Å²) in [6.07, 6.45) is 9.28. The second-order valence-electron chi connectivity index (χ2n) is 7.37. The van der Waals surface area contributed by atoms with Crippen molar-refractivity contribution in [3.63, 3.8) is 0 Å². The summed E-state index contributed by atoms with van der Waals surface area (Å²) in [6, 6.07) is 9.96. The molecule has 3 aromatic rings. The van der Waals surface area contributed by atoms with E-state index < -0.39 is 0 Å². The van der Waals surface area contributed by atoms with Crippen LogP contribution in [0, 0.1) is 0 Å². The van der Waals surface area contributed by atoms with Gasteiger partial charge in [-0.1, -0.05) is 11.6 Å². The monoisotopic (exact) mass is 396 g/mol. The molecule has 0 aliphatic carbocycles. The number of carbonyl (C=O) groups excluding carboxylic acids is 1. The lowest BCUT2D eigenvalue weighted by Gasteiger charge is -2.32. The van der Waals surface area contributed by atoms with Crippen LogP contribution in [0.5, 0.6) is 0 Å². The molecule has 1 aliphatic rings. The van der Waals surface area contributed by atoms with Crippen molar-refractivity contribution in [2.75, 3.05) is 19.6 Å². The Hall–Kier alpha value is -2.37. The van der Waals surface area contributed by atoms with Crippen molar-refractivity contribution in [2.45, 2.75) is 31.6 Å². The van der Waals surface area contributed by atoms with E-state index in [-0.39, 0.29) is 5.91 Å². The number of aromatic nitrogens is 2. The molecule has 0 bridgehead atoms. The Morgan fingerprint density at radius 3 is 2.64 bits per heavy atom. The lowest BCUT2D eigenvalue weighted by Crippen LogP contribution is -2.38. The van der Waals surface area contributed by atoms with Gasteiger partial charge in [0.2, 0.25) is 5.91 Å². The number of nitrogens with two attached hydrogens (primary N) is 1. The minimum atomic E-state index is 0.233. The van der Waals surface area contributed by atoms with Crippen LogP contribution in [-0.2, 0) is 4.79 Å². The molecule has 6 heteroatoms. The maximum atomic E-state index is 12.3. The number of nitrogens with zero attached hydrogens (tertiary/aromatic N) is 3. The lowest BCUT2D eigenvalue weighted by molar-refractivity contribution is -0.132. The van der Waals surface area contributed by atoms with E-state index in [1.165, 1.54) is 10.9 Å². The second kappa shape index (κ2) is 8.33. The molecule has 2 N–H and O–H groups in total. The number of hydrogen-bond donors (Lipinski definition) is 1. The van der Waals surface area contributed by atoms with Crippen LogP contribution in [0.15, 0.2) is 48.9 Å². The van der Waals surface area contributed by atoms with Crippen molar-refractivity contribution in [1.82, 2.24) is 14.5 Å². The summed E-state index contributed by atoms with van der Waals surface area (Å²) in [7, 11) is 0. The van der Waals surface area contributed by atoms with Gasteiger partial charge >= 0.3 is 0 Å². The number of hydrogen-bond acceptors (Lipinski definition) is 3. The molecule has 146 valence electrons. The van der Waals surface area contributed by atoms with Gasteiger partial charge in [0.05, 0.1) is 11.7 Å². The van der Waals surface area contributed by atoms with E-state index >= 15 is 0 Å². The Labute approximate surface area is 170 Å². The number of halogens is 1. The average Bonchev–Trinajstić information content (AvgIpc) is 3.12. The smallest absolute Gasteiger partial charge is 0.222 e. The molecule has 1 amide bonds. The first-order valence-electron chi connectivity index (χ1n) is 9.86. The number of rotatable bonds is 5. The Morgan fingerprint density at radius 1 is 1.18 bits per heavy atom. The third kappa shape index (κ3) is 3.77. The van der Waals surface area contributed by atoms with E-state index in [4.69, 9.17) is 17.3 Å². The average molecular weight is 397 g/mol. The molecular formula is C22H25ClN4O. The molecule has 0 radical (unpaired) electrons. The summed E-state index contributed by atoms with van der Waals surface area (Å²) >= 11 is 6.05. The van der Waals surface area contributed by atoms with E-state index in [1.54, 1.807) is 0 Å². The maximum Gasteiger partial charge on any atom is 0.222 e. The minimum absolute atomic E-state index is 0.233. The van der Waals surface area contributed by atoms with Crippen molar-refractivity contribution >= 4 is 28.4 Å². The predicted molar refractivity (Wildman–Crippen MR) is 113 cm³/mol. The summed E-state index contributed by atoms with van der Waals surface area (Å²) in [5.41, 5.74) is 9.04. The summed E-state index contributed by atoms with van der Waals surface area (Å²) in [5.74, 6) is 0.675. The van der Waals surface area contributed by atoms with Crippen molar-refractivity contribution in [3.8, 4) is 5.69 Å². The number of fused-ring (bicyclic) bond motifs is 1. The van der Waals surface area contributed by atoms with Gasteiger partial charge < -0.3 is 15.2 Å². The van der Waals surface area contributed by atoms with Crippen molar-refractivity contribution in [3.05, 3.63) is 59.5 Å². The van der Waals surface area contributed by atoms with Crippen molar-refractivity contribution in [1.29, 1.82) is 0 Å². The van der Waals surface area contributed by atoms with E-state index in [1.807, 2.05) is 41.6 Å². The van der Waals surface area contributed by atoms with Crippen LogP contribution >= 0.6 is 11.6 Å². The predicted octanol–water partition coefficient (Wildman–Crippen LogP) is 4.12. The molecule has 2 aromatic heterocycles. The van der Waals surface area contributed by atoms with Gasteiger partial charge in [-0.3, -0.25) is 9.78 Å². The molecule has 0 saturated carbocycles. The number of carbonyl (C=O) groups is 1. The van der Waals surface area contributed by atoms with Crippen LogP contribution in [0.25, 0.3) is 16.6 Å². The molecule has 0 atom stereocenters. The van der Waals surface area contributed by atoms with E-state index in [0.717, 1.165) is 48.6 Å². The van der Waals surface area contributed by atoms with Crippen LogP contribution in [0.2, 0.25) is 5.02 Å². The largest absolute Gasteiger partial charge is 0.343 e. The van der Waals surface area contributed by atoms with Gasteiger partial charge in [-0.05, 0) is 67.6 Å². The van der Waals surface area contributed by atoms with Crippen molar-refractivity contribution in [2.24, 2.45) is 5.73 Å². The number of piperidine rings is 1. The third-order valence-corrected chi connectivity index (χ3v) is 5.88. The fourth-order valence-electron chi connectivity index (χ4n) is 4.09. The topological polar surface area (TPSA) is 64.2 Å². The first-order chi connectivity index (χ1) is 13.7. The molecular weight excluding hydrogens is 372 g/mol. The molecule has 1 aromatic carbocycles. The highest BCUT2D eigenvalue weighted by Crippen LogP contribution is 2.35. The molecule has 3 heterocycles. The fourth-order valence-corrected chi connectivity index (χ4v) is 4.22. The Bertz CT molecular complexity index is 958. The summed E-state index contributed by atoms with van der Waals surface area (Å²) < 4.78 is 2.19. The number of pyridine rings is 1. The van der Waals surface area contributed by atoms with Gasteiger partial charge in [-0.15, -0.1) is 0 Å². The standard InChI is InChI=1S/C22H25ClN4O/c23-17-3-5-18(6-4-17)27-15-20(19-7-11-25-14-21(19)27)16-8-12-26(13-9-16)22(28)2-1-10-24/h3-7,11,14-16H,1-2,8-10,12-13,24H2. The highest BCUT2D eigenvalue weighted by atomic mass is 35.5. The van der Waals surface area contributed by atoms with E-state index in [9.17, 15) is 4.79 Å². The molecule has 1 fully saturated rings. The first-order valence-corrected chi connectivity index (χ1v) is 10.2. The van der Waals surface area contributed by atoms with Crippen LogP contribution in [0.3, 0.4) is 0 Å². The molecule has 1 saturated heterocycles. The molecule has 4 rings (SSSR count). The van der Waals surface area contributed by atoms with Crippen LogP contribution in [-0.4, -0.2) is 40.0 Å². The lowest BCUT2D eigenvalue weighted by atomic mass is 9.89. The highest BCUT2D eigenvalue weighted by molar-refractivity contribution is 6.30. The zero-order valence-electron chi connectivity index (χ0n) is 15.9. The summed E-state index contributed by atoms with van der Waals surface area (Å²) in [5, 5.41) is 1.96. The van der Waals surface area contributed by atoms with Gasteiger partial charge in [0.25, 0.3) is 0 Å². The number of amides is 1. The Balaban J connectivity index is 1.58. The first kappa shape index (κ1) is 19.0. The van der Waals surface area contributed by atoms with Crippen LogP contribution in [0.4, 0.5) is 0 Å². The SMILES string of the molecule is NCCCC(=O)N1CCC(c2cn(-c3ccc(Cl)cc3)c3cnccc23)CC1. The molecule has 0 spiro atoms. The second-order valence-corrected chi connectivity index (χ2v) is 7.81. The molecule has 5 nitrogen and oxygen atoms in total. The molecule has 0 unspecified atom stereocenters. The minimum Gasteiger partial charge on any atom is -0.343 e. The van der Waals surface area contributed by atoms with E-state index in [2.05, 4.69) is 21.8 Å². The number of likely N-dealkylation sites (tertiary alicyclic amines) is 1. The Morgan fingerprint density at radius 2 is 1.93 bits per heavy atom. The van der Waals surface area contributed by atoms with Gasteiger partial charge in [0.1, 0.15) is 0 Å². The third-order valence-electron chi connectivity index (χ3n) is 5.63. The Kier molecular flexibility index (Phi) is 5.64. The van der Waals surface area contributed by atoms with Crippen LogP contribution in [0.1, 0.15) is 37.2 Å². The highest BCUT2D eigenvalue weighted by Gasteiger charge is 2.26. The summed E-state index contributed by atoms with van der Waals surface area (Å²) in [6.45, 7) is 2.19. The zero-order chi connectivity index (χ0) is 19.5. The molecule has 1 aliphatic heterocycles. The zero-order valence-corrected chi connectivity index (χ0v) is 16.6. The van der Waals surface area contributed by atoms with Gasteiger partial charge in [0, 0.05) is 48.0 Å². The van der Waals surface area contributed by atoms with Crippen molar-refractivity contribution < 1.29 is 4.79 Å². The van der Waals surface area contributed by atoms with Crippen LogP contribution < -0.4 is 5.73 Å². The number of benzene rings is 1. The maximum absolute atomic E-state index is 12.3. The molecule has 28 heavy (non-hydrogen) atoms. The van der Waals surface area contributed by atoms with Gasteiger partial charge in [-0.2, -0.15) is 0 Å². The van der Waals surface area contributed by atoms with Gasteiger partial charge in [0.15, 0.2) is 0 Å². The summed E-state index contributed by atoms with van der Waals surface area (Å²) in [4.78, 5) is 18.6. The fraction of sp³-hybridized carbons (Fsp3) is 0.364. The van der Waals surface area contributed by atoms with E-state index in [0.29, 0.717) is 18.9 Å². The normalized spacial score (nSPS) is 15.3.